The summed E-state index contributed by atoms with van der Waals surface area (Å²) in [6.07, 6.45) is 1.57. The highest BCUT2D eigenvalue weighted by Crippen LogP contribution is 2.05. The van der Waals surface area contributed by atoms with Crippen LogP contribution in [0.5, 0.6) is 0 Å². The number of H-pyrrole nitrogens is 1. The molecule has 3 N–H and O–H groups in total. The fourth-order valence-electron chi connectivity index (χ4n) is 1.11. The van der Waals surface area contributed by atoms with Gasteiger partial charge in [0.25, 0.3) is 0 Å². The summed E-state index contributed by atoms with van der Waals surface area (Å²) in [6.45, 7) is 0. The van der Waals surface area contributed by atoms with Crippen LogP contribution in [0.25, 0.3) is 11.0 Å². The molecule has 0 aliphatic rings. The number of aromatic amines is 1. The van der Waals surface area contributed by atoms with Gasteiger partial charge in [0.2, 0.25) is 0 Å². The number of benzene rings is 1. The lowest BCUT2D eigenvalue weighted by Crippen LogP contribution is -2.29. The molecule has 0 amide bonds. The van der Waals surface area contributed by atoms with Gasteiger partial charge in [-0.25, -0.2) is 4.98 Å². The van der Waals surface area contributed by atoms with Gasteiger partial charge in [-0.3, -0.25) is 0 Å². The quantitative estimate of drug-likeness (QED) is 0.549. The van der Waals surface area contributed by atoms with Crippen molar-refractivity contribution >= 4 is 36.0 Å². The van der Waals surface area contributed by atoms with Crippen molar-refractivity contribution in [2.24, 2.45) is 0 Å². The van der Waals surface area contributed by atoms with E-state index in [9.17, 15) is 0 Å². The van der Waals surface area contributed by atoms with Crippen molar-refractivity contribution in [3.8, 4) is 0 Å². The third-order valence-electron chi connectivity index (χ3n) is 1.74. The average molecular weight is 198 g/mol. The molecule has 0 atom stereocenters. The molecule has 0 radical (unpaired) electrons. The first-order valence-corrected chi connectivity index (χ1v) is 3.56. The summed E-state index contributed by atoms with van der Waals surface area (Å²) in [6, 6.07) is 5.03. The third kappa shape index (κ3) is 1.83. The fraction of sp³-hybridized carbons (Fsp3) is 0. The lowest BCUT2D eigenvalue weighted by atomic mass is 9.80. The third-order valence-corrected chi connectivity index (χ3v) is 1.74. The molecule has 1 heterocycles. The molecule has 0 saturated carbocycles. The monoisotopic (exact) mass is 198 g/mol. The zero-order chi connectivity index (χ0) is 8.55. The van der Waals surface area contributed by atoms with Gasteiger partial charge in [0.05, 0.1) is 17.4 Å². The molecule has 0 bridgehead atoms. The molecular formula is C7H8BClN2O2. The molecule has 0 saturated heterocycles. The minimum atomic E-state index is -1.42. The van der Waals surface area contributed by atoms with E-state index in [1.807, 2.05) is 0 Å². The SMILES string of the molecule is Cl.OB(O)c1ccc2nc[nH]c2c1. The standard InChI is InChI=1S/C7H7BN2O2.ClH/c11-8(12)5-1-2-6-7(3-5)10-4-9-6;/h1-4,11-12H,(H,9,10);1H. The molecule has 4 nitrogen and oxygen atoms in total. The second-order valence-electron chi connectivity index (χ2n) is 2.55. The molecule has 0 unspecified atom stereocenters. The van der Waals surface area contributed by atoms with Crippen LogP contribution in [0.2, 0.25) is 0 Å². The second kappa shape index (κ2) is 3.78. The Balaban J connectivity index is 0.000000845. The van der Waals surface area contributed by atoms with Crippen LogP contribution in [-0.2, 0) is 0 Å². The smallest absolute Gasteiger partial charge is 0.423 e. The van der Waals surface area contributed by atoms with Crippen LogP contribution >= 0.6 is 12.4 Å². The summed E-state index contributed by atoms with van der Waals surface area (Å²) < 4.78 is 0. The van der Waals surface area contributed by atoms with E-state index in [1.54, 1.807) is 24.5 Å². The molecule has 6 heteroatoms. The van der Waals surface area contributed by atoms with E-state index in [4.69, 9.17) is 10.0 Å². The average Bonchev–Trinajstić information content (AvgIpc) is 2.49. The molecule has 0 aliphatic heterocycles. The normalized spacial score (nSPS) is 9.69. The topological polar surface area (TPSA) is 69.1 Å². The Hall–Kier alpha value is -1.04. The van der Waals surface area contributed by atoms with Crippen LogP contribution in [0.3, 0.4) is 0 Å². The van der Waals surface area contributed by atoms with E-state index in [2.05, 4.69) is 9.97 Å². The van der Waals surface area contributed by atoms with Gasteiger partial charge in [0.15, 0.2) is 0 Å². The summed E-state index contributed by atoms with van der Waals surface area (Å²) in [5.74, 6) is 0. The fourth-order valence-corrected chi connectivity index (χ4v) is 1.11. The largest absolute Gasteiger partial charge is 0.488 e. The molecule has 0 spiro atoms. The summed E-state index contributed by atoms with van der Waals surface area (Å²) in [4.78, 5) is 6.88. The molecule has 2 aromatic rings. The maximum atomic E-state index is 8.84. The van der Waals surface area contributed by atoms with Crippen molar-refractivity contribution in [3.63, 3.8) is 0 Å². The second-order valence-corrected chi connectivity index (χ2v) is 2.55. The van der Waals surface area contributed by atoms with E-state index in [-0.39, 0.29) is 12.4 Å². The number of fused-ring (bicyclic) bond motifs is 1. The van der Waals surface area contributed by atoms with E-state index in [1.165, 1.54) is 0 Å². The summed E-state index contributed by atoms with van der Waals surface area (Å²) in [7, 11) is -1.42. The Morgan fingerprint density at radius 2 is 2.08 bits per heavy atom. The first kappa shape index (κ1) is 10.0. The zero-order valence-corrected chi connectivity index (χ0v) is 7.45. The van der Waals surface area contributed by atoms with Gasteiger partial charge in [-0.15, -0.1) is 12.4 Å². The maximum Gasteiger partial charge on any atom is 0.488 e. The van der Waals surface area contributed by atoms with Gasteiger partial charge >= 0.3 is 7.12 Å². The number of nitrogens with zero attached hydrogens (tertiary/aromatic N) is 1. The number of aromatic nitrogens is 2. The van der Waals surface area contributed by atoms with Crippen LogP contribution in [0, 0.1) is 0 Å². The van der Waals surface area contributed by atoms with Crippen molar-refractivity contribution in [2.45, 2.75) is 0 Å². The number of nitrogens with one attached hydrogen (secondary N) is 1. The van der Waals surface area contributed by atoms with Gasteiger partial charge in [0.1, 0.15) is 0 Å². The number of imidazole rings is 1. The Bertz CT molecular complexity index is 404. The predicted octanol–water partition coefficient (Wildman–Crippen LogP) is -0.336. The van der Waals surface area contributed by atoms with Gasteiger partial charge in [-0.05, 0) is 17.6 Å². The highest BCUT2D eigenvalue weighted by Gasteiger charge is 2.10. The Labute approximate surface area is 81.2 Å². The lowest BCUT2D eigenvalue weighted by Gasteiger charge is -1.97. The number of halogens is 1. The van der Waals surface area contributed by atoms with Gasteiger partial charge in [-0.1, -0.05) is 6.07 Å². The summed E-state index contributed by atoms with van der Waals surface area (Å²) in [5.41, 5.74) is 2.09. The first-order valence-electron chi connectivity index (χ1n) is 3.56. The molecule has 0 fully saturated rings. The van der Waals surface area contributed by atoms with Crippen molar-refractivity contribution in [3.05, 3.63) is 24.5 Å². The zero-order valence-electron chi connectivity index (χ0n) is 6.64. The Kier molecular flexibility index (Phi) is 2.92. The lowest BCUT2D eigenvalue weighted by molar-refractivity contribution is 0.426. The molecule has 0 aliphatic carbocycles. The van der Waals surface area contributed by atoms with Crippen LogP contribution in [0.15, 0.2) is 24.5 Å². The molecule has 13 heavy (non-hydrogen) atoms. The first-order chi connectivity index (χ1) is 5.77. The highest BCUT2D eigenvalue weighted by atomic mass is 35.5. The minimum absolute atomic E-state index is 0. The van der Waals surface area contributed by atoms with E-state index in [0.717, 1.165) is 11.0 Å². The highest BCUT2D eigenvalue weighted by molar-refractivity contribution is 6.58. The number of hydrogen-bond acceptors (Lipinski definition) is 3. The van der Waals surface area contributed by atoms with Crippen molar-refractivity contribution in [1.29, 1.82) is 0 Å². The van der Waals surface area contributed by atoms with E-state index >= 15 is 0 Å². The number of hydrogen-bond donors (Lipinski definition) is 3. The maximum absolute atomic E-state index is 8.84. The molecule has 1 aromatic heterocycles. The Morgan fingerprint density at radius 1 is 1.31 bits per heavy atom. The van der Waals surface area contributed by atoms with Crippen LogP contribution in [0.1, 0.15) is 0 Å². The van der Waals surface area contributed by atoms with E-state index < -0.39 is 7.12 Å². The molecule has 68 valence electrons. The van der Waals surface area contributed by atoms with Gasteiger partial charge in [0, 0.05) is 0 Å². The van der Waals surface area contributed by atoms with Crippen molar-refractivity contribution < 1.29 is 10.0 Å². The molecule has 2 rings (SSSR count). The van der Waals surface area contributed by atoms with Crippen molar-refractivity contribution in [1.82, 2.24) is 9.97 Å². The summed E-state index contributed by atoms with van der Waals surface area (Å²) in [5, 5.41) is 17.7. The minimum Gasteiger partial charge on any atom is -0.423 e. The molecular weight excluding hydrogens is 190 g/mol. The number of rotatable bonds is 1. The van der Waals surface area contributed by atoms with Crippen LogP contribution in [0.4, 0.5) is 0 Å². The van der Waals surface area contributed by atoms with Gasteiger partial charge < -0.3 is 15.0 Å². The van der Waals surface area contributed by atoms with Crippen LogP contribution < -0.4 is 5.46 Å². The Morgan fingerprint density at radius 3 is 2.77 bits per heavy atom. The summed E-state index contributed by atoms with van der Waals surface area (Å²) >= 11 is 0. The predicted molar refractivity (Wildman–Crippen MR) is 53.2 cm³/mol. The van der Waals surface area contributed by atoms with Crippen molar-refractivity contribution in [2.75, 3.05) is 0 Å². The van der Waals surface area contributed by atoms with Crippen LogP contribution in [-0.4, -0.2) is 27.1 Å². The van der Waals surface area contributed by atoms with E-state index in [0.29, 0.717) is 5.46 Å². The molecule has 1 aromatic carbocycles. The van der Waals surface area contributed by atoms with Gasteiger partial charge in [-0.2, -0.15) is 0 Å².